The van der Waals surface area contributed by atoms with E-state index < -0.39 is 0 Å². The van der Waals surface area contributed by atoms with Gasteiger partial charge in [-0.1, -0.05) is 0 Å². The summed E-state index contributed by atoms with van der Waals surface area (Å²) in [6.45, 7) is 5.88. The molecule has 1 aromatic carbocycles. The van der Waals surface area contributed by atoms with Crippen LogP contribution in [0.3, 0.4) is 0 Å². The van der Waals surface area contributed by atoms with Gasteiger partial charge in [0.25, 0.3) is 5.91 Å². The minimum absolute atomic E-state index is 0.126. The van der Waals surface area contributed by atoms with E-state index in [-0.39, 0.29) is 12.0 Å². The highest BCUT2D eigenvalue weighted by Gasteiger charge is 2.08. The Labute approximate surface area is 134 Å². The summed E-state index contributed by atoms with van der Waals surface area (Å²) < 4.78 is 7.44. The van der Waals surface area contributed by atoms with Crippen LogP contribution < -0.4 is 10.1 Å². The molecule has 5 heteroatoms. The maximum atomic E-state index is 12.4. The standard InChI is InChI=1S/C18H19N3O2/c1-12(2)23-16-7-5-15(6-8-16)20-18(22)14-4-9-17-19-13(3)10-21(17)11-14/h4-12H,1-3H3,(H,20,22). The summed E-state index contributed by atoms with van der Waals surface area (Å²) in [6.07, 6.45) is 3.80. The lowest BCUT2D eigenvalue weighted by Gasteiger charge is -2.10. The Bertz CT molecular complexity index is 835. The van der Waals surface area contributed by atoms with Crippen LogP contribution in [0.25, 0.3) is 5.65 Å². The largest absolute Gasteiger partial charge is 0.491 e. The van der Waals surface area contributed by atoms with E-state index in [0.717, 1.165) is 22.8 Å². The maximum Gasteiger partial charge on any atom is 0.257 e. The highest BCUT2D eigenvalue weighted by atomic mass is 16.5. The third-order valence-electron chi connectivity index (χ3n) is 3.32. The third-order valence-corrected chi connectivity index (χ3v) is 3.32. The number of aromatic nitrogens is 2. The topological polar surface area (TPSA) is 55.6 Å². The first kappa shape index (κ1) is 15.1. The van der Waals surface area contributed by atoms with Gasteiger partial charge in [-0.2, -0.15) is 0 Å². The number of imidazole rings is 1. The van der Waals surface area contributed by atoms with Crippen molar-refractivity contribution in [3.05, 3.63) is 60.0 Å². The van der Waals surface area contributed by atoms with E-state index in [1.54, 1.807) is 12.3 Å². The summed E-state index contributed by atoms with van der Waals surface area (Å²) in [5.74, 6) is 0.629. The lowest BCUT2D eigenvalue weighted by atomic mass is 10.2. The number of carbonyl (C=O) groups is 1. The summed E-state index contributed by atoms with van der Waals surface area (Å²) in [5.41, 5.74) is 3.06. The van der Waals surface area contributed by atoms with E-state index in [1.165, 1.54) is 0 Å². The van der Waals surface area contributed by atoms with E-state index in [4.69, 9.17) is 4.74 Å². The number of hydrogen-bond acceptors (Lipinski definition) is 3. The fourth-order valence-electron chi connectivity index (χ4n) is 2.35. The molecular formula is C18H19N3O2. The van der Waals surface area contributed by atoms with Gasteiger partial charge in [-0.15, -0.1) is 0 Å². The summed E-state index contributed by atoms with van der Waals surface area (Å²) in [6, 6.07) is 11.0. The van der Waals surface area contributed by atoms with Gasteiger partial charge in [0.15, 0.2) is 0 Å². The number of hydrogen-bond donors (Lipinski definition) is 1. The van der Waals surface area contributed by atoms with Crippen molar-refractivity contribution in [3.63, 3.8) is 0 Å². The van der Waals surface area contributed by atoms with Gasteiger partial charge < -0.3 is 14.5 Å². The average Bonchev–Trinajstić information content (AvgIpc) is 2.87. The van der Waals surface area contributed by atoms with Crippen LogP contribution in [-0.2, 0) is 0 Å². The number of ether oxygens (including phenoxy) is 1. The Morgan fingerprint density at radius 3 is 2.57 bits per heavy atom. The zero-order valence-corrected chi connectivity index (χ0v) is 13.4. The van der Waals surface area contributed by atoms with E-state index in [1.807, 2.05) is 61.7 Å². The van der Waals surface area contributed by atoms with Crippen molar-refractivity contribution < 1.29 is 9.53 Å². The molecule has 0 unspecified atom stereocenters. The lowest BCUT2D eigenvalue weighted by molar-refractivity contribution is 0.102. The second kappa shape index (κ2) is 6.12. The Hall–Kier alpha value is -2.82. The number of amides is 1. The predicted octanol–water partition coefficient (Wildman–Crippen LogP) is 3.68. The third kappa shape index (κ3) is 3.51. The molecule has 2 aromatic heterocycles. The molecule has 118 valence electrons. The van der Waals surface area contributed by atoms with Gasteiger partial charge in [0.2, 0.25) is 0 Å². The van der Waals surface area contributed by atoms with Gasteiger partial charge in [-0.3, -0.25) is 4.79 Å². The molecule has 3 aromatic rings. The number of pyridine rings is 1. The number of nitrogens with one attached hydrogen (secondary N) is 1. The molecule has 0 saturated heterocycles. The van der Waals surface area contributed by atoms with Crippen molar-refractivity contribution >= 4 is 17.2 Å². The lowest BCUT2D eigenvalue weighted by Crippen LogP contribution is -2.12. The van der Waals surface area contributed by atoms with Crippen molar-refractivity contribution in [1.82, 2.24) is 9.38 Å². The summed E-state index contributed by atoms with van der Waals surface area (Å²) in [5, 5.41) is 2.88. The number of aryl methyl sites for hydroxylation is 1. The molecule has 0 saturated carbocycles. The van der Waals surface area contributed by atoms with Crippen LogP contribution >= 0.6 is 0 Å². The summed E-state index contributed by atoms with van der Waals surface area (Å²) in [4.78, 5) is 16.7. The van der Waals surface area contributed by atoms with E-state index in [2.05, 4.69) is 10.3 Å². The number of rotatable bonds is 4. The second-order valence-corrected chi connectivity index (χ2v) is 5.71. The molecule has 0 atom stereocenters. The van der Waals surface area contributed by atoms with Crippen molar-refractivity contribution in [3.8, 4) is 5.75 Å². The molecule has 0 aliphatic heterocycles. The fourth-order valence-corrected chi connectivity index (χ4v) is 2.35. The average molecular weight is 309 g/mol. The van der Waals surface area contributed by atoms with Gasteiger partial charge in [0.05, 0.1) is 17.4 Å². The molecule has 0 aliphatic carbocycles. The van der Waals surface area contributed by atoms with Gasteiger partial charge in [-0.25, -0.2) is 4.98 Å². The van der Waals surface area contributed by atoms with Crippen LogP contribution in [0.1, 0.15) is 29.9 Å². The Morgan fingerprint density at radius 2 is 1.87 bits per heavy atom. The minimum atomic E-state index is -0.157. The highest BCUT2D eigenvalue weighted by molar-refractivity contribution is 6.04. The molecule has 2 heterocycles. The van der Waals surface area contributed by atoms with E-state index >= 15 is 0 Å². The number of anilines is 1. The Morgan fingerprint density at radius 1 is 1.13 bits per heavy atom. The molecule has 1 N–H and O–H groups in total. The van der Waals surface area contributed by atoms with E-state index in [9.17, 15) is 4.79 Å². The van der Waals surface area contributed by atoms with Gasteiger partial charge in [-0.05, 0) is 57.2 Å². The quantitative estimate of drug-likeness (QED) is 0.800. The summed E-state index contributed by atoms with van der Waals surface area (Å²) >= 11 is 0. The van der Waals surface area contributed by atoms with Gasteiger partial charge in [0.1, 0.15) is 11.4 Å². The first-order chi connectivity index (χ1) is 11.0. The monoisotopic (exact) mass is 309 g/mol. The predicted molar refractivity (Wildman–Crippen MR) is 90.1 cm³/mol. The molecule has 3 rings (SSSR count). The summed E-state index contributed by atoms with van der Waals surface area (Å²) in [7, 11) is 0. The van der Waals surface area contributed by atoms with Crippen molar-refractivity contribution in [1.29, 1.82) is 0 Å². The van der Waals surface area contributed by atoms with Crippen LogP contribution in [0.15, 0.2) is 48.8 Å². The molecule has 23 heavy (non-hydrogen) atoms. The molecule has 0 fully saturated rings. The number of benzene rings is 1. The normalized spacial score (nSPS) is 11.0. The highest BCUT2D eigenvalue weighted by Crippen LogP contribution is 2.18. The van der Waals surface area contributed by atoms with E-state index in [0.29, 0.717) is 5.56 Å². The minimum Gasteiger partial charge on any atom is -0.491 e. The fraction of sp³-hybridized carbons (Fsp3) is 0.222. The molecule has 1 amide bonds. The van der Waals surface area contributed by atoms with Crippen LogP contribution in [0.2, 0.25) is 0 Å². The van der Waals surface area contributed by atoms with Crippen molar-refractivity contribution in [2.45, 2.75) is 26.9 Å². The zero-order chi connectivity index (χ0) is 16.4. The molecule has 0 spiro atoms. The number of nitrogens with zero attached hydrogens (tertiary/aromatic N) is 2. The van der Waals surface area contributed by atoms with Crippen molar-refractivity contribution in [2.24, 2.45) is 0 Å². The smallest absolute Gasteiger partial charge is 0.257 e. The van der Waals surface area contributed by atoms with Crippen LogP contribution in [0, 0.1) is 6.92 Å². The zero-order valence-electron chi connectivity index (χ0n) is 13.4. The van der Waals surface area contributed by atoms with Crippen LogP contribution in [0.4, 0.5) is 5.69 Å². The van der Waals surface area contributed by atoms with Gasteiger partial charge in [0, 0.05) is 18.1 Å². The molecule has 0 radical (unpaired) electrons. The first-order valence-corrected chi connectivity index (χ1v) is 7.55. The van der Waals surface area contributed by atoms with Crippen molar-refractivity contribution in [2.75, 3.05) is 5.32 Å². The second-order valence-electron chi connectivity index (χ2n) is 5.71. The van der Waals surface area contributed by atoms with Gasteiger partial charge >= 0.3 is 0 Å². The Balaban J connectivity index is 1.74. The first-order valence-electron chi connectivity index (χ1n) is 7.55. The maximum absolute atomic E-state index is 12.4. The SMILES string of the molecule is Cc1cn2cc(C(=O)Nc3ccc(OC(C)C)cc3)ccc2n1. The number of fused-ring (bicyclic) bond motifs is 1. The molecule has 5 nitrogen and oxygen atoms in total. The molecular weight excluding hydrogens is 290 g/mol. The molecule has 0 aliphatic rings. The van der Waals surface area contributed by atoms with Crippen LogP contribution in [-0.4, -0.2) is 21.4 Å². The Kier molecular flexibility index (Phi) is 4.02. The van der Waals surface area contributed by atoms with Crippen LogP contribution in [0.5, 0.6) is 5.75 Å². The molecule has 0 bridgehead atoms. The number of carbonyl (C=O) groups excluding carboxylic acids is 1.